The highest BCUT2D eigenvalue weighted by atomic mass is 32.2. The quantitative estimate of drug-likeness (QED) is 0.611. The van der Waals surface area contributed by atoms with Crippen LogP contribution in [0.5, 0.6) is 0 Å². The summed E-state index contributed by atoms with van der Waals surface area (Å²) in [6, 6.07) is 16.3. The van der Waals surface area contributed by atoms with Gasteiger partial charge in [0.2, 0.25) is 11.8 Å². The summed E-state index contributed by atoms with van der Waals surface area (Å²) in [5.41, 5.74) is 1.43. The maximum absolute atomic E-state index is 13.2. The highest BCUT2D eigenvalue weighted by Crippen LogP contribution is 2.28. The molecule has 0 atom stereocenters. The summed E-state index contributed by atoms with van der Waals surface area (Å²) >= 11 is 0. The van der Waals surface area contributed by atoms with Crippen LogP contribution in [-0.4, -0.2) is 60.8 Å². The van der Waals surface area contributed by atoms with Crippen LogP contribution in [0.2, 0.25) is 0 Å². The number of amides is 2. The summed E-state index contributed by atoms with van der Waals surface area (Å²) in [7, 11) is -3.59. The molecule has 0 spiro atoms. The number of carbonyl (C=O) groups is 2. The first-order chi connectivity index (χ1) is 14.8. The molecule has 2 amide bonds. The molecular formula is C23H25N3O4S. The minimum Gasteiger partial charge on any atom is -0.339 e. The van der Waals surface area contributed by atoms with E-state index in [0.717, 1.165) is 5.56 Å². The minimum absolute atomic E-state index is 0.0109. The minimum atomic E-state index is -3.59. The largest absolute Gasteiger partial charge is 0.339 e. The van der Waals surface area contributed by atoms with Crippen LogP contribution in [0.15, 0.2) is 65.7 Å². The van der Waals surface area contributed by atoms with Crippen molar-refractivity contribution in [1.82, 2.24) is 14.4 Å². The molecule has 3 aromatic rings. The summed E-state index contributed by atoms with van der Waals surface area (Å²) in [4.78, 5) is 28.1. The number of hydrogen-bond donors (Lipinski definition) is 0. The van der Waals surface area contributed by atoms with E-state index in [1.54, 1.807) is 44.8 Å². The van der Waals surface area contributed by atoms with Gasteiger partial charge in [-0.05, 0) is 11.6 Å². The molecule has 2 heterocycles. The van der Waals surface area contributed by atoms with E-state index < -0.39 is 9.84 Å². The van der Waals surface area contributed by atoms with Gasteiger partial charge in [-0.1, -0.05) is 48.5 Å². The number of carbonyl (C=O) groups excluding carboxylic acids is 2. The van der Waals surface area contributed by atoms with Crippen LogP contribution in [0, 0.1) is 0 Å². The van der Waals surface area contributed by atoms with Gasteiger partial charge in [0.1, 0.15) is 6.54 Å². The van der Waals surface area contributed by atoms with Gasteiger partial charge in [0, 0.05) is 50.2 Å². The van der Waals surface area contributed by atoms with Gasteiger partial charge in [0.15, 0.2) is 9.84 Å². The van der Waals surface area contributed by atoms with Crippen LogP contribution in [0.1, 0.15) is 12.5 Å². The molecule has 7 nitrogen and oxygen atoms in total. The number of nitrogens with zero attached hydrogens (tertiary/aromatic N) is 3. The van der Waals surface area contributed by atoms with Gasteiger partial charge in [-0.25, -0.2) is 8.42 Å². The summed E-state index contributed by atoms with van der Waals surface area (Å²) in [6.07, 6.45) is 1.58. The molecule has 1 aromatic heterocycles. The Morgan fingerprint density at radius 2 is 1.48 bits per heavy atom. The van der Waals surface area contributed by atoms with Gasteiger partial charge in [-0.3, -0.25) is 9.59 Å². The van der Waals surface area contributed by atoms with E-state index in [1.165, 1.54) is 6.92 Å². The fourth-order valence-corrected chi connectivity index (χ4v) is 5.56. The molecule has 31 heavy (non-hydrogen) atoms. The van der Waals surface area contributed by atoms with E-state index >= 15 is 0 Å². The second-order valence-electron chi connectivity index (χ2n) is 7.77. The average Bonchev–Trinajstić information content (AvgIpc) is 3.14. The lowest BCUT2D eigenvalue weighted by molar-refractivity contribution is -0.138. The summed E-state index contributed by atoms with van der Waals surface area (Å²) in [5.74, 6) is -0.171. The zero-order valence-corrected chi connectivity index (χ0v) is 18.2. The molecule has 1 fully saturated rings. The lowest BCUT2D eigenvalue weighted by Gasteiger charge is -2.34. The fourth-order valence-electron chi connectivity index (χ4n) is 3.98. The molecule has 4 rings (SSSR count). The van der Waals surface area contributed by atoms with E-state index in [1.807, 2.05) is 30.3 Å². The first-order valence-electron chi connectivity index (χ1n) is 10.2. The summed E-state index contributed by atoms with van der Waals surface area (Å²) < 4.78 is 28.1. The van der Waals surface area contributed by atoms with Crippen molar-refractivity contribution in [2.45, 2.75) is 24.1 Å². The van der Waals surface area contributed by atoms with Crippen LogP contribution < -0.4 is 0 Å². The molecule has 0 aliphatic carbocycles. The second-order valence-corrected chi connectivity index (χ2v) is 9.73. The molecule has 1 aliphatic rings. The zero-order chi connectivity index (χ0) is 22.0. The van der Waals surface area contributed by atoms with Crippen molar-refractivity contribution in [2.75, 3.05) is 26.2 Å². The monoisotopic (exact) mass is 439 g/mol. The van der Waals surface area contributed by atoms with Gasteiger partial charge in [-0.15, -0.1) is 0 Å². The smallest absolute Gasteiger partial charge is 0.242 e. The molecular weight excluding hydrogens is 414 g/mol. The summed E-state index contributed by atoms with van der Waals surface area (Å²) in [6.45, 7) is 3.59. The fraction of sp³-hybridized carbons (Fsp3) is 0.304. The SMILES string of the molecule is CC(=O)N1CCN(C(=O)Cn2cc(S(=O)(=O)Cc3ccccc3)c3ccccc32)CC1. The van der Waals surface area contributed by atoms with Gasteiger partial charge in [0.25, 0.3) is 0 Å². The van der Waals surface area contributed by atoms with Crippen molar-refractivity contribution in [1.29, 1.82) is 0 Å². The maximum atomic E-state index is 13.2. The van der Waals surface area contributed by atoms with Crippen molar-refractivity contribution >= 4 is 32.6 Å². The number of piperazine rings is 1. The molecule has 162 valence electrons. The van der Waals surface area contributed by atoms with Crippen LogP contribution in [-0.2, 0) is 31.7 Å². The second kappa shape index (κ2) is 8.55. The van der Waals surface area contributed by atoms with Gasteiger partial charge in [-0.2, -0.15) is 0 Å². The van der Waals surface area contributed by atoms with E-state index in [2.05, 4.69) is 0 Å². The molecule has 0 saturated carbocycles. The first-order valence-corrected chi connectivity index (χ1v) is 11.9. The van der Waals surface area contributed by atoms with Gasteiger partial charge < -0.3 is 14.4 Å². The van der Waals surface area contributed by atoms with Crippen LogP contribution in [0.4, 0.5) is 0 Å². The van der Waals surface area contributed by atoms with E-state index in [4.69, 9.17) is 0 Å². The number of fused-ring (bicyclic) bond motifs is 1. The lowest BCUT2D eigenvalue weighted by Crippen LogP contribution is -2.50. The molecule has 0 unspecified atom stereocenters. The number of hydrogen-bond acceptors (Lipinski definition) is 4. The third kappa shape index (κ3) is 4.49. The highest BCUT2D eigenvalue weighted by Gasteiger charge is 2.25. The third-order valence-corrected chi connectivity index (χ3v) is 7.38. The van der Waals surface area contributed by atoms with E-state index in [9.17, 15) is 18.0 Å². The Bertz CT molecular complexity index is 1210. The molecule has 1 aliphatic heterocycles. The van der Waals surface area contributed by atoms with Crippen LogP contribution in [0.3, 0.4) is 0 Å². The Kier molecular flexibility index (Phi) is 5.82. The Labute approximate surface area is 181 Å². The van der Waals surface area contributed by atoms with Crippen molar-refractivity contribution in [3.05, 3.63) is 66.4 Å². The number of benzene rings is 2. The predicted molar refractivity (Wildman–Crippen MR) is 118 cm³/mol. The van der Waals surface area contributed by atoms with Crippen molar-refractivity contribution in [2.24, 2.45) is 0 Å². The predicted octanol–water partition coefficient (Wildman–Crippen LogP) is 2.31. The van der Waals surface area contributed by atoms with Crippen LogP contribution >= 0.6 is 0 Å². The van der Waals surface area contributed by atoms with Crippen LogP contribution in [0.25, 0.3) is 10.9 Å². The zero-order valence-electron chi connectivity index (χ0n) is 17.4. The third-order valence-electron chi connectivity index (χ3n) is 5.67. The Morgan fingerprint density at radius 1 is 0.871 bits per heavy atom. The van der Waals surface area contributed by atoms with Crippen molar-refractivity contribution in [3.8, 4) is 0 Å². The normalized spacial score (nSPS) is 14.7. The number of sulfone groups is 1. The molecule has 0 radical (unpaired) electrons. The highest BCUT2D eigenvalue weighted by molar-refractivity contribution is 7.90. The Balaban J connectivity index is 1.58. The van der Waals surface area contributed by atoms with Gasteiger partial charge >= 0.3 is 0 Å². The molecule has 2 aromatic carbocycles. The average molecular weight is 440 g/mol. The maximum Gasteiger partial charge on any atom is 0.242 e. The number of aromatic nitrogens is 1. The lowest BCUT2D eigenvalue weighted by atomic mass is 10.2. The molecule has 0 bridgehead atoms. The standard InChI is InChI=1S/C23H25N3O4S/c1-18(27)24-11-13-25(14-12-24)23(28)16-26-15-22(20-9-5-6-10-21(20)26)31(29,30)17-19-7-3-2-4-8-19/h2-10,15H,11-14,16-17H2,1H3. The molecule has 0 N–H and O–H groups in total. The van der Waals surface area contributed by atoms with Gasteiger partial charge in [0.05, 0.1) is 10.6 Å². The molecule has 8 heteroatoms. The first kappa shape index (κ1) is 21.1. The number of para-hydroxylation sites is 1. The molecule has 1 saturated heterocycles. The topological polar surface area (TPSA) is 79.7 Å². The van der Waals surface area contributed by atoms with Crippen molar-refractivity contribution in [3.63, 3.8) is 0 Å². The Morgan fingerprint density at radius 3 is 2.16 bits per heavy atom. The van der Waals surface area contributed by atoms with Crippen molar-refractivity contribution < 1.29 is 18.0 Å². The van der Waals surface area contributed by atoms with E-state index in [0.29, 0.717) is 37.1 Å². The van der Waals surface area contributed by atoms with E-state index in [-0.39, 0.29) is 29.0 Å². The Hall–Kier alpha value is -3.13. The summed E-state index contributed by atoms with van der Waals surface area (Å²) in [5, 5.41) is 0.618. The number of rotatable bonds is 5.